The van der Waals surface area contributed by atoms with Gasteiger partial charge in [-0.25, -0.2) is 4.98 Å². The Labute approximate surface area is 130 Å². The molecule has 1 fully saturated rings. The molecule has 3 heterocycles. The number of nitrogens with zero attached hydrogens (tertiary/aromatic N) is 2. The van der Waals surface area contributed by atoms with Crippen LogP contribution in [0.5, 0.6) is 11.5 Å². The topological polar surface area (TPSA) is 46.6 Å². The molecule has 0 radical (unpaired) electrons. The summed E-state index contributed by atoms with van der Waals surface area (Å²) in [6.45, 7) is 5.53. The van der Waals surface area contributed by atoms with Crippen LogP contribution in [-0.4, -0.2) is 44.4 Å². The molecule has 22 heavy (non-hydrogen) atoms. The SMILES string of the molecule is c1cc2cc3c(cc2c(N2CCCNCC2)n1)OCCCO3. The highest BCUT2D eigenvalue weighted by molar-refractivity contribution is 5.94. The smallest absolute Gasteiger partial charge is 0.161 e. The maximum absolute atomic E-state index is 5.84. The molecule has 0 atom stereocenters. The van der Waals surface area contributed by atoms with Gasteiger partial charge in [0.1, 0.15) is 5.82 Å². The predicted octanol–water partition coefficient (Wildman–Crippen LogP) is 2.20. The van der Waals surface area contributed by atoms with Crippen LogP contribution >= 0.6 is 0 Å². The van der Waals surface area contributed by atoms with Crippen LogP contribution in [0.25, 0.3) is 10.8 Å². The summed E-state index contributed by atoms with van der Waals surface area (Å²) in [7, 11) is 0. The first kappa shape index (κ1) is 13.6. The van der Waals surface area contributed by atoms with Crippen LogP contribution in [-0.2, 0) is 0 Å². The predicted molar refractivity (Wildman–Crippen MR) is 87.0 cm³/mol. The third kappa shape index (κ3) is 2.57. The van der Waals surface area contributed by atoms with Gasteiger partial charge >= 0.3 is 0 Å². The average molecular weight is 299 g/mol. The molecule has 1 saturated heterocycles. The summed E-state index contributed by atoms with van der Waals surface area (Å²) >= 11 is 0. The fraction of sp³-hybridized carbons (Fsp3) is 0.471. The van der Waals surface area contributed by atoms with Crippen LogP contribution < -0.4 is 19.7 Å². The van der Waals surface area contributed by atoms with Gasteiger partial charge in [-0.3, -0.25) is 0 Å². The molecule has 0 amide bonds. The number of fused-ring (bicyclic) bond motifs is 2. The number of pyridine rings is 1. The fourth-order valence-electron chi connectivity index (χ4n) is 3.12. The zero-order chi connectivity index (χ0) is 14.8. The van der Waals surface area contributed by atoms with E-state index in [1.807, 2.05) is 12.3 Å². The Balaban J connectivity index is 1.79. The normalized spacial score (nSPS) is 18.8. The molecule has 2 aliphatic rings. The molecule has 1 aromatic heterocycles. The zero-order valence-corrected chi connectivity index (χ0v) is 12.7. The molecule has 1 aromatic carbocycles. The number of hydrogen-bond donors (Lipinski definition) is 1. The van der Waals surface area contributed by atoms with Gasteiger partial charge in [0, 0.05) is 37.6 Å². The Kier molecular flexibility index (Phi) is 3.72. The molecule has 0 aliphatic carbocycles. The van der Waals surface area contributed by atoms with E-state index in [-0.39, 0.29) is 0 Å². The van der Waals surface area contributed by atoms with Gasteiger partial charge in [-0.2, -0.15) is 0 Å². The molecule has 5 nitrogen and oxygen atoms in total. The van der Waals surface area contributed by atoms with Crippen molar-refractivity contribution in [2.75, 3.05) is 44.3 Å². The Bertz CT molecular complexity index is 666. The molecular weight excluding hydrogens is 278 g/mol. The quantitative estimate of drug-likeness (QED) is 0.874. The Morgan fingerprint density at radius 1 is 1.00 bits per heavy atom. The molecule has 4 rings (SSSR count). The number of ether oxygens (including phenoxy) is 2. The van der Waals surface area contributed by atoms with Crippen LogP contribution in [0.15, 0.2) is 24.4 Å². The van der Waals surface area contributed by atoms with Gasteiger partial charge in [-0.1, -0.05) is 0 Å². The molecule has 0 saturated carbocycles. The molecule has 2 aromatic rings. The van der Waals surface area contributed by atoms with E-state index in [1.165, 1.54) is 0 Å². The summed E-state index contributed by atoms with van der Waals surface area (Å²) in [5, 5.41) is 5.74. The highest BCUT2D eigenvalue weighted by Gasteiger charge is 2.17. The van der Waals surface area contributed by atoms with Crippen molar-refractivity contribution in [3.8, 4) is 11.5 Å². The molecule has 1 N–H and O–H groups in total. The lowest BCUT2D eigenvalue weighted by molar-refractivity contribution is 0.297. The van der Waals surface area contributed by atoms with Gasteiger partial charge < -0.3 is 19.7 Å². The maximum Gasteiger partial charge on any atom is 0.161 e. The van der Waals surface area contributed by atoms with Crippen molar-refractivity contribution in [3.05, 3.63) is 24.4 Å². The van der Waals surface area contributed by atoms with Gasteiger partial charge in [0.2, 0.25) is 0 Å². The van der Waals surface area contributed by atoms with Gasteiger partial charge in [0.05, 0.1) is 13.2 Å². The molecule has 0 bridgehead atoms. The minimum atomic E-state index is 0.710. The minimum absolute atomic E-state index is 0.710. The lowest BCUT2D eigenvalue weighted by Gasteiger charge is -2.23. The van der Waals surface area contributed by atoms with Crippen LogP contribution in [0.2, 0.25) is 0 Å². The van der Waals surface area contributed by atoms with E-state index < -0.39 is 0 Å². The second kappa shape index (κ2) is 6.01. The zero-order valence-electron chi connectivity index (χ0n) is 12.7. The molecule has 0 unspecified atom stereocenters. The number of hydrogen-bond acceptors (Lipinski definition) is 5. The summed E-state index contributed by atoms with van der Waals surface area (Å²) in [5.41, 5.74) is 0. The largest absolute Gasteiger partial charge is 0.490 e. The first-order valence-corrected chi connectivity index (χ1v) is 8.06. The fourth-order valence-corrected chi connectivity index (χ4v) is 3.12. The van der Waals surface area contributed by atoms with Crippen molar-refractivity contribution in [3.63, 3.8) is 0 Å². The summed E-state index contributed by atoms with van der Waals surface area (Å²) in [5.74, 6) is 2.74. The number of nitrogens with one attached hydrogen (secondary N) is 1. The Morgan fingerprint density at radius 3 is 2.77 bits per heavy atom. The monoisotopic (exact) mass is 299 g/mol. The minimum Gasteiger partial charge on any atom is -0.490 e. The van der Waals surface area contributed by atoms with Crippen LogP contribution in [0.3, 0.4) is 0 Å². The molecule has 0 spiro atoms. The number of anilines is 1. The molecule has 5 heteroatoms. The highest BCUT2D eigenvalue weighted by Crippen LogP contribution is 2.37. The van der Waals surface area contributed by atoms with Gasteiger partial charge in [0.15, 0.2) is 11.5 Å². The number of benzene rings is 1. The van der Waals surface area contributed by atoms with E-state index in [0.717, 1.165) is 67.1 Å². The number of rotatable bonds is 1. The van der Waals surface area contributed by atoms with Crippen molar-refractivity contribution in [2.24, 2.45) is 0 Å². The third-order valence-electron chi connectivity index (χ3n) is 4.25. The maximum atomic E-state index is 5.84. The molecular formula is C17H21N3O2. The van der Waals surface area contributed by atoms with Crippen molar-refractivity contribution in [1.29, 1.82) is 0 Å². The van der Waals surface area contributed by atoms with Crippen LogP contribution in [0.1, 0.15) is 12.8 Å². The second-order valence-corrected chi connectivity index (χ2v) is 5.80. The lowest BCUT2D eigenvalue weighted by atomic mass is 10.1. The molecule has 2 aliphatic heterocycles. The van der Waals surface area contributed by atoms with Crippen molar-refractivity contribution in [2.45, 2.75) is 12.8 Å². The highest BCUT2D eigenvalue weighted by atomic mass is 16.5. The second-order valence-electron chi connectivity index (χ2n) is 5.80. The van der Waals surface area contributed by atoms with Crippen LogP contribution in [0, 0.1) is 0 Å². The van der Waals surface area contributed by atoms with Gasteiger partial charge in [-0.05, 0) is 36.6 Å². The first-order chi connectivity index (χ1) is 10.9. The number of aromatic nitrogens is 1. The summed E-state index contributed by atoms with van der Waals surface area (Å²) in [4.78, 5) is 7.01. The summed E-state index contributed by atoms with van der Waals surface area (Å²) < 4.78 is 11.6. The van der Waals surface area contributed by atoms with E-state index in [9.17, 15) is 0 Å². The van der Waals surface area contributed by atoms with Gasteiger partial charge in [-0.15, -0.1) is 0 Å². The Morgan fingerprint density at radius 2 is 1.86 bits per heavy atom. The third-order valence-corrected chi connectivity index (χ3v) is 4.25. The van der Waals surface area contributed by atoms with E-state index in [2.05, 4.69) is 27.3 Å². The summed E-state index contributed by atoms with van der Waals surface area (Å²) in [6, 6.07) is 6.22. The Hall–Kier alpha value is -2.01. The first-order valence-electron chi connectivity index (χ1n) is 8.06. The van der Waals surface area contributed by atoms with Crippen molar-refractivity contribution >= 4 is 16.6 Å². The van der Waals surface area contributed by atoms with Crippen molar-refractivity contribution in [1.82, 2.24) is 10.3 Å². The summed E-state index contributed by atoms with van der Waals surface area (Å²) in [6.07, 6.45) is 3.95. The van der Waals surface area contributed by atoms with E-state index in [4.69, 9.17) is 9.47 Å². The lowest BCUT2D eigenvalue weighted by Crippen LogP contribution is -2.28. The average Bonchev–Trinajstić information content (AvgIpc) is 2.94. The van der Waals surface area contributed by atoms with E-state index >= 15 is 0 Å². The van der Waals surface area contributed by atoms with E-state index in [0.29, 0.717) is 13.2 Å². The van der Waals surface area contributed by atoms with Crippen LogP contribution in [0.4, 0.5) is 5.82 Å². The van der Waals surface area contributed by atoms with Crippen molar-refractivity contribution < 1.29 is 9.47 Å². The van der Waals surface area contributed by atoms with Gasteiger partial charge in [0.25, 0.3) is 0 Å². The van der Waals surface area contributed by atoms with E-state index in [1.54, 1.807) is 0 Å². The standard InChI is InChI=1S/C17H21N3O2/c1-4-18-6-8-20(7-1)17-14-12-16-15(21-9-2-10-22-16)11-13(14)3-5-19-17/h3,5,11-12,18H,1-2,4,6-10H2. The molecule has 116 valence electrons.